The first-order valence-electron chi connectivity index (χ1n) is 13.2. The first-order chi connectivity index (χ1) is 18.1. The third-order valence-electron chi connectivity index (χ3n) is 7.09. The van der Waals surface area contributed by atoms with Crippen LogP contribution in [0.2, 0.25) is 0 Å². The maximum atomic E-state index is 12.6. The minimum Gasteiger partial charge on any atom is -0.460 e. The van der Waals surface area contributed by atoms with Crippen molar-refractivity contribution >= 4 is 28.4 Å². The average Bonchev–Trinajstić information content (AvgIpc) is 3.23. The van der Waals surface area contributed by atoms with Crippen LogP contribution in [-0.2, 0) is 16.0 Å². The number of ether oxygens (including phenoxy) is 1. The molecule has 38 heavy (non-hydrogen) atoms. The van der Waals surface area contributed by atoms with E-state index in [1.165, 1.54) is 5.69 Å². The molecular weight excluding hydrogens is 474 g/mol. The van der Waals surface area contributed by atoms with Crippen LogP contribution in [0, 0.1) is 6.92 Å². The Bertz CT molecular complexity index is 1460. The molecule has 1 saturated heterocycles. The molecule has 2 aromatic carbocycles. The van der Waals surface area contributed by atoms with Crippen molar-refractivity contribution in [2.75, 3.05) is 43.9 Å². The highest BCUT2D eigenvalue weighted by atomic mass is 16.6. The Morgan fingerprint density at radius 1 is 1.03 bits per heavy atom. The summed E-state index contributed by atoms with van der Waals surface area (Å²) in [4.78, 5) is 25.5. The monoisotopic (exact) mass is 511 g/mol. The van der Waals surface area contributed by atoms with Crippen molar-refractivity contribution in [2.24, 2.45) is 0 Å². The van der Waals surface area contributed by atoms with E-state index in [4.69, 9.17) is 10.5 Å². The van der Waals surface area contributed by atoms with Crippen molar-refractivity contribution in [3.63, 3.8) is 0 Å². The third-order valence-corrected chi connectivity index (χ3v) is 7.09. The summed E-state index contributed by atoms with van der Waals surface area (Å²) < 4.78 is 5.60. The molecule has 5 rings (SSSR count). The van der Waals surface area contributed by atoms with Crippen LogP contribution < -0.4 is 10.6 Å². The fraction of sp³-hybridized carbons (Fsp3) is 0.355. The molecule has 0 saturated carbocycles. The number of H-pyrrole nitrogens is 1. The van der Waals surface area contributed by atoms with Gasteiger partial charge < -0.3 is 25.3 Å². The third kappa shape index (κ3) is 5.53. The Balaban J connectivity index is 1.54. The molecular formula is C31H37N5O2. The van der Waals surface area contributed by atoms with E-state index in [0.717, 1.165) is 70.7 Å². The van der Waals surface area contributed by atoms with Gasteiger partial charge in [-0.25, -0.2) is 4.98 Å². The number of hydrogen-bond acceptors (Lipinski definition) is 6. The molecule has 0 radical (unpaired) electrons. The lowest BCUT2D eigenvalue weighted by Crippen LogP contribution is -2.44. The maximum Gasteiger partial charge on any atom is 0.310 e. The molecule has 3 heterocycles. The molecule has 198 valence electrons. The molecule has 0 spiro atoms. The number of nitrogen functional groups attached to an aromatic ring is 1. The summed E-state index contributed by atoms with van der Waals surface area (Å²) in [5.41, 5.74) is 14.3. The van der Waals surface area contributed by atoms with Gasteiger partial charge in [-0.1, -0.05) is 30.3 Å². The summed E-state index contributed by atoms with van der Waals surface area (Å²) in [7, 11) is 2.17. The summed E-state index contributed by atoms with van der Waals surface area (Å²) in [6, 6.07) is 16.9. The van der Waals surface area contributed by atoms with Crippen LogP contribution in [0.25, 0.3) is 33.4 Å². The first kappa shape index (κ1) is 25.8. The largest absolute Gasteiger partial charge is 0.460 e. The molecule has 0 amide bonds. The van der Waals surface area contributed by atoms with Crippen molar-refractivity contribution in [3.8, 4) is 22.4 Å². The van der Waals surface area contributed by atoms with E-state index in [0.29, 0.717) is 5.69 Å². The number of pyridine rings is 1. The highest BCUT2D eigenvalue weighted by Crippen LogP contribution is 2.39. The van der Waals surface area contributed by atoms with Crippen LogP contribution in [0.4, 0.5) is 11.4 Å². The molecule has 0 atom stereocenters. The van der Waals surface area contributed by atoms with E-state index in [2.05, 4.69) is 69.3 Å². The highest BCUT2D eigenvalue weighted by Gasteiger charge is 2.21. The number of carbonyl (C=O) groups excluding carboxylic acids is 1. The second kappa shape index (κ2) is 10.1. The smallest absolute Gasteiger partial charge is 0.310 e. The lowest BCUT2D eigenvalue weighted by Gasteiger charge is -2.34. The number of rotatable bonds is 5. The number of aromatic amines is 1. The zero-order valence-electron chi connectivity index (χ0n) is 23.0. The van der Waals surface area contributed by atoms with E-state index >= 15 is 0 Å². The van der Waals surface area contributed by atoms with Crippen LogP contribution in [-0.4, -0.2) is 59.7 Å². The summed E-state index contributed by atoms with van der Waals surface area (Å²) in [5.74, 6) is -0.234. The van der Waals surface area contributed by atoms with Gasteiger partial charge >= 0.3 is 5.97 Å². The van der Waals surface area contributed by atoms with Gasteiger partial charge in [-0.3, -0.25) is 4.79 Å². The van der Waals surface area contributed by atoms with Crippen LogP contribution in [0.5, 0.6) is 0 Å². The number of aromatic nitrogens is 2. The highest BCUT2D eigenvalue weighted by molar-refractivity contribution is 6.03. The normalized spacial score (nSPS) is 14.7. The predicted molar refractivity (Wildman–Crippen MR) is 155 cm³/mol. The van der Waals surface area contributed by atoms with Crippen molar-refractivity contribution in [1.29, 1.82) is 0 Å². The van der Waals surface area contributed by atoms with Gasteiger partial charge in [0.25, 0.3) is 0 Å². The number of piperazine rings is 1. The molecule has 2 aromatic heterocycles. The summed E-state index contributed by atoms with van der Waals surface area (Å²) in [6.45, 7) is 11.9. The Labute approximate surface area is 224 Å². The zero-order valence-corrected chi connectivity index (χ0v) is 23.0. The maximum absolute atomic E-state index is 12.6. The fourth-order valence-electron chi connectivity index (χ4n) is 5.06. The van der Waals surface area contributed by atoms with Crippen molar-refractivity contribution in [3.05, 3.63) is 65.9 Å². The molecule has 1 aliphatic rings. The van der Waals surface area contributed by atoms with Gasteiger partial charge in [-0.15, -0.1) is 0 Å². The minimum atomic E-state index is -0.522. The molecule has 0 bridgehead atoms. The summed E-state index contributed by atoms with van der Waals surface area (Å²) in [6.07, 6.45) is 1.89. The van der Waals surface area contributed by atoms with E-state index < -0.39 is 5.60 Å². The van der Waals surface area contributed by atoms with Gasteiger partial charge in [0.05, 0.1) is 24.0 Å². The lowest BCUT2D eigenvalue weighted by molar-refractivity contribution is -0.153. The summed E-state index contributed by atoms with van der Waals surface area (Å²) in [5, 5.41) is 0.954. The quantitative estimate of drug-likeness (QED) is 0.348. The fourth-order valence-corrected chi connectivity index (χ4v) is 5.06. The zero-order chi connectivity index (χ0) is 27.0. The number of nitrogens with one attached hydrogen (secondary N) is 1. The number of likely N-dealkylation sites (N-methyl/N-ethyl adjacent to an activating group) is 1. The van der Waals surface area contributed by atoms with Crippen LogP contribution >= 0.6 is 0 Å². The number of aryl methyl sites for hydroxylation is 1. The number of benzene rings is 2. The minimum absolute atomic E-state index is 0.217. The van der Waals surface area contributed by atoms with Crippen LogP contribution in [0.15, 0.2) is 54.7 Å². The number of esters is 1. The Morgan fingerprint density at radius 2 is 1.71 bits per heavy atom. The van der Waals surface area contributed by atoms with Crippen LogP contribution in [0.1, 0.15) is 31.9 Å². The average molecular weight is 512 g/mol. The molecule has 1 fully saturated rings. The molecule has 0 unspecified atom stereocenters. The van der Waals surface area contributed by atoms with Gasteiger partial charge in [0.15, 0.2) is 0 Å². The van der Waals surface area contributed by atoms with Crippen molar-refractivity contribution in [2.45, 2.75) is 39.7 Å². The molecule has 7 nitrogen and oxygen atoms in total. The molecule has 1 aliphatic heterocycles. The second-order valence-electron chi connectivity index (χ2n) is 11.3. The van der Waals surface area contributed by atoms with Crippen molar-refractivity contribution < 1.29 is 9.53 Å². The Morgan fingerprint density at radius 3 is 2.39 bits per heavy atom. The molecule has 4 aromatic rings. The van der Waals surface area contributed by atoms with Gasteiger partial charge in [0.1, 0.15) is 11.2 Å². The van der Waals surface area contributed by atoms with E-state index in [1.54, 1.807) is 6.20 Å². The molecule has 3 N–H and O–H groups in total. The number of hydrogen-bond donors (Lipinski definition) is 2. The summed E-state index contributed by atoms with van der Waals surface area (Å²) >= 11 is 0. The number of carbonyl (C=O) groups is 1. The van der Waals surface area contributed by atoms with E-state index in [9.17, 15) is 4.79 Å². The SMILES string of the molecule is Cc1ccc(-c2c(-c3ccc(N4CCN(C)CC4)cc3)[nH]c3ncc(N)cc23)cc1CC(=O)OC(C)(C)C. The van der Waals surface area contributed by atoms with Gasteiger partial charge in [-0.05, 0) is 75.2 Å². The van der Waals surface area contributed by atoms with Gasteiger partial charge in [0, 0.05) is 42.8 Å². The predicted octanol–water partition coefficient (Wildman–Crippen LogP) is 5.42. The number of nitrogens with zero attached hydrogens (tertiary/aromatic N) is 3. The van der Waals surface area contributed by atoms with Crippen molar-refractivity contribution in [1.82, 2.24) is 14.9 Å². The first-order valence-corrected chi connectivity index (χ1v) is 13.2. The van der Waals surface area contributed by atoms with E-state index in [1.807, 2.05) is 33.8 Å². The Hall–Kier alpha value is -3.84. The van der Waals surface area contributed by atoms with Gasteiger partial charge in [0.2, 0.25) is 0 Å². The number of fused-ring (bicyclic) bond motifs is 1. The number of nitrogens with two attached hydrogens (primary N) is 1. The lowest BCUT2D eigenvalue weighted by atomic mass is 9.94. The topological polar surface area (TPSA) is 87.5 Å². The second-order valence-corrected chi connectivity index (χ2v) is 11.3. The standard InChI is InChI=1S/C31H37N5O2/c1-20-6-7-22(16-23(20)17-27(37)38-31(2,3)4)28-26-18-24(32)19-33-30(26)34-29(28)21-8-10-25(11-9-21)36-14-12-35(5)13-15-36/h6-11,16,18-19H,12-15,17,32H2,1-5H3,(H,33,34). The molecule has 7 heteroatoms. The van der Waals surface area contributed by atoms with E-state index in [-0.39, 0.29) is 12.4 Å². The Kier molecular flexibility index (Phi) is 6.88. The molecule has 0 aliphatic carbocycles. The van der Waals surface area contributed by atoms with Crippen LogP contribution in [0.3, 0.4) is 0 Å². The van der Waals surface area contributed by atoms with Gasteiger partial charge in [-0.2, -0.15) is 0 Å². The number of anilines is 2.